The first-order valence-corrected chi connectivity index (χ1v) is 5.06. The smallest absolute Gasteiger partial charge is 0.349 e. The Morgan fingerprint density at radius 2 is 2.38 bits per heavy atom. The Kier molecular flexibility index (Phi) is 2.84. The molecule has 1 aromatic rings. The van der Waals surface area contributed by atoms with Gasteiger partial charge in [-0.2, -0.15) is 4.98 Å². The molecule has 0 amide bonds. The summed E-state index contributed by atoms with van der Waals surface area (Å²) in [5.74, 6) is 0.369. The van der Waals surface area contributed by atoms with Gasteiger partial charge in [-0.15, -0.1) is 0 Å². The molecule has 1 fully saturated rings. The molecule has 0 spiro atoms. The van der Waals surface area contributed by atoms with Gasteiger partial charge < -0.3 is 10.1 Å². The second-order valence-corrected chi connectivity index (χ2v) is 3.56. The monoisotopic (exact) mass is 224 g/mol. The molecule has 0 aromatic carbocycles. The van der Waals surface area contributed by atoms with E-state index in [0.717, 1.165) is 25.5 Å². The second kappa shape index (κ2) is 4.30. The fourth-order valence-electron chi connectivity index (χ4n) is 1.34. The summed E-state index contributed by atoms with van der Waals surface area (Å²) >= 11 is 0. The molecule has 7 nitrogen and oxygen atoms in total. The van der Waals surface area contributed by atoms with Crippen molar-refractivity contribution in [3.63, 3.8) is 0 Å². The molecule has 0 saturated heterocycles. The van der Waals surface area contributed by atoms with Crippen molar-refractivity contribution < 1.29 is 9.66 Å². The number of hydrogen-bond acceptors (Lipinski definition) is 6. The molecule has 1 aromatic heterocycles. The Morgan fingerprint density at radius 1 is 1.62 bits per heavy atom. The van der Waals surface area contributed by atoms with Crippen LogP contribution in [0.25, 0.3) is 0 Å². The quantitative estimate of drug-likeness (QED) is 0.613. The highest BCUT2D eigenvalue weighted by molar-refractivity contribution is 5.43. The van der Waals surface area contributed by atoms with Crippen molar-refractivity contribution in [2.24, 2.45) is 0 Å². The van der Waals surface area contributed by atoms with Gasteiger partial charge in [-0.05, 0) is 19.3 Å². The number of nitro groups is 1. The van der Waals surface area contributed by atoms with Gasteiger partial charge in [-0.1, -0.05) is 0 Å². The van der Waals surface area contributed by atoms with Crippen LogP contribution in [-0.2, 0) is 0 Å². The van der Waals surface area contributed by atoms with Gasteiger partial charge >= 0.3 is 5.69 Å². The number of nitrogens with one attached hydrogen (secondary N) is 1. The van der Waals surface area contributed by atoms with Crippen LogP contribution in [0, 0.1) is 10.1 Å². The molecule has 7 heteroatoms. The van der Waals surface area contributed by atoms with E-state index in [4.69, 9.17) is 4.74 Å². The molecular weight excluding hydrogens is 212 g/mol. The molecule has 2 rings (SSSR count). The van der Waals surface area contributed by atoms with E-state index in [1.165, 1.54) is 0 Å². The lowest BCUT2D eigenvalue weighted by atomic mass is 9.96. The summed E-state index contributed by atoms with van der Waals surface area (Å²) in [5.41, 5.74) is -0.189. The highest BCUT2D eigenvalue weighted by Crippen LogP contribution is 2.30. The third-order valence-electron chi connectivity index (χ3n) is 2.49. The van der Waals surface area contributed by atoms with Gasteiger partial charge in [0.1, 0.15) is 12.3 Å². The van der Waals surface area contributed by atoms with Gasteiger partial charge in [0, 0.05) is 7.05 Å². The highest BCUT2D eigenvalue weighted by atomic mass is 16.6. The van der Waals surface area contributed by atoms with Crippen LogP contribution in [0.1, 0.15) is 19.3 Å². The Balaban J connectivity index is 2.25. The lowest BCUT2D eigenvalue weighted by Crippen LogP contribution is -2.25. The molecule has 0 radical (unpaired) electrons. The van der Waals surface area contributed by atoms with Gasteiger partial charge in [0.05, 0.1) is 4.92 Å². The van der Waals surface area contributed by atoms with E-state index in [1.54, 1.807) is 7.05 Å². The summed E-state index contributed by atoms with van der Waals surface area (Å²) in [6, 6.07) is 0. The van der Waals surface area contributed by atoms with E-state index in [-0.39, 0.29) is 17.7 Å². The first-order chi connectivity index (χ1) is 7.70. The molecule has 86 valence electrons. The van der Waals surface area contributed by atoms with Crippen LogP contribution in [0.5, 0.6) is 5.88 Å². The number of rotatable bonds is 4. The van der Waals surface area contributed by atoms with E-state index in [1.807, 2.05) is 0 Å². The van der Waals surface area contributed by atoms with Gasteiger partial charge in [0.25, 0.3) is 5.88 Å². The number of nitrogens with zero attached hydrogens (tertiary/aromatic N) is 3. The summed E-state index contributed by atoms with van der Waals surface area (Å²) in [5, 5.41) is 13.5. The molecule has 1 N–H and O–H groups in total. The van der Waals surface area contributed by atoms with E-state index < -0.39 is 4.92 Å². The summed E-state index contributed by atoms with van der Waals surface area (Å²) in [4.78, 5) is 17.9. The predicted octanol–water partition coefficient (Wildman–Crippen LogP) is 1.36. The van der Waals surface area contributed by atoms with Gasteiger partial charge in [-0.25, -0.2) is 4.98 Å². The first-order valence-electron chi connectivity index (χ1n) is 5.06. The fraction of sp³-hybridized carbons (Fsp3) is 0.556. The average Bonchev–Trinajstić information content (AvgIpc) is 2.22. The maximum atomic E-state index is 10.7. The average molecular weight is 224 g/mol. The minimum atomic E-state index is -0.534. The van der Waals surface area contributed by atoms with E-state index in [9.17, 15) is 10.1 Å². The molecule has 1 aliphatic rings. The zero-order valence-corrected chi connectivity index (χ0v) is 8.84. The normalized spacial score (nSPS) is 15.3. The minimum Gasteiger partial charge on any atom is -0.469 e. The molecule has 1 heterocycles. The number of aromatic nitrogens is 2. The summed E-state index contributed by atoms with van der Waals surface area (Å²) in [7, 11) is 1.65. The van der Waals surface area contributed by atoms with Crippen LogP contribution < -0.4 is 10.1 Å². The zero-order chi connectivity index (χ0) is 11.5. The predicted molar refractivity (Wildman–Crippen MR) is 56.5 cm³/mol. The van der Waals surface area contributed by atoms with Gasteiger partial charge in [0.15, 0.2) is 0 Å². The van der Waals surface area contributed by atoms with Crippen LogP contribution >= 0.6 is 0 Å². The van der Waals surface area contributed by atoms with E-state index in [0.29, 0.717) is 5.95 Å². The van der Waals surface area contributed by atoms with Crippen LogP contribution in [0.3, 0.4) is 0 Å². The molecular formula is C9H12N4O3. The Labute approximate surface area is 92.0 Å². The van der Waals surface area contributed by atoms with Crippen LogP contribution in [0.15, 0.2) is 6.20 Å². The fourth-order valence-corrected chi connectivity index (χ4v) is 1.34. The largest absolute Gasteiger partial charge is 0.469 e. The van der Waals surface area contributed by atoms with Crippen LogP contribution in [0.2, 0.25) is 0 Å². The van der Waals surface area contributed by atoms with Crippen molar-refractivity contribution in [2.75, 3.05) is 12.4 Å². The Morgan fingerprint density at radius 3 is 2.88 bits per heavy atom. The van der Waals surface area contributed by atoms with Crippen molar-refractivity contribution in [2.45, 2.75) is 25.4 Å². The SMILES string of the molecule is CNc1ncc([N+](=O)[O-])c(OC2CCC2)n1. The Hall–Kier alpha value is -1.92. The first kappa shape index (κ1) is 10.6. The highest BCUT2D eigenvalue weighted by Gasteiger charge is 2.25. The maximum absolute atomic E-state index is 10.7. The van der Waals surface area contributed by atoms with Crippen molar-refractivity contribution in [1.29, 1.82) is 0 Å². The lowest BCUT2D eigenvalue weighted by molar-refractivity contribution is -0.386. The lowest BCUT2D eigenvalue weighted by Gasteiger charge is -2.25. The standard InChI is InChI=1S/C9H12N4O3/c1-10-9-11-5-7(13(14)15)8(12-9)16-6-3-2-4-6/h5-6H,2-4H2,1H3,(H,10,11,12). The van der Waals surface area contributed by atoms with Crippen LogP contribution in [0.4, 0.5) is 11.6 Å². The Bertz CT molecular complexity index is 406. The molecule has 0 bridgehead atoms. The molecule has 16 heavy (non-hydrogen) atoms. The molecule has 0 unspecified atom stereocenters. The number of ether oxygens (including phenoxy) is 1. The molecule has 0 atom stereocenters. The molecule has 1 saturated carbocycles. The van der Waals surface area contributed by atoms with Crippen molar-refractivity contribution >= 4 is 11.6 Å². The van der Waals surface area contributed by atoms with Gasteiger partial charge in [0.2, 0.25) is 5.95 Å². The maximum Gasteiger partial charge on any atom is 0.349 e. The van der Waals surface area contributed by atoms with Crippen LogP contribution in [-0.4, -0.2) is 28.0 Å². The second-order valence-electron chi connectivity index (χ2n) is 3.56. The van der Waals surface area contributed by atoms with E-state index >= 15 is 0 Å². The topological polar surface area (TPSA) is 90.2 Å². The minimum absolute atomic E-state index is 0.0500. The number of anilines is 1. The van der Waals surface area contributed by atoms with Crippen molar-refractivity contribution in [1.82, 2.24) is 9.97 Å². The van der Waals surface area contributed by atoms with Crippen molar-refractivity contribution in [3.8, 4) is 5.88 Å². The molecule has 0 aliphatic heterocycles. The summed E-state index contributed by atoms with van der Waals surface area (Å²) in [6.07, 6.45) is 4.17. The zero-order valence-electron chi connectivity index (χ0n) is 8.84. The number of hydrogen-bond donors (Lipinski definition) is 1. The van der Waals surface area contributed by atoms with Crippen molar-refractivity contribution in [3.05, 3.63) is 16.3 Å². The third kappa shape index (κ3) is 2.02. The third-order valence-corrected chi connectivity index (χ3v) is 2.49. The van der Waals surface area contributed by atoms with E-state index in [2.05, 4.69) is 15.3 Å². The van der Waals surface area contributed by atoms with Gasteiger partial charge in [-0.3, -0.25) is 10.1 Å². The summed E-state index contributed by atoms with van der Waals surface area (Å²) < 4.78 is 5.45. The molecule has 1 aliphatic carbocycles. The summed E-state index contributed by atoms with van der Waals surface area (Å²) in [6.45, 7) is 0.